The summed E-state index contributed by atoms with van der Waals surface area (Å²) >= 11 is 0. The van der Waals surface area contributed by atoms with Gasteiger partial charge in [-0.3, -0.25) is 4.79 Å². The molecule has 0 saturated heterocycles. The normalized spacial score (nSPS) is 9.70. The molecular formula is C5H9N3O2. The molecule has 0 atom stereocenters. The zero-order valence-corrected chi connectivity index (χ0v) is 5.63. The highest BCUT2D eigenvalue weighted by Gasteiger charge is 1.87. The first-order chi connectivity index (χ1) is 4.63. The number of carbonyl (C=O) groups excluding carboxylic acids is 2. The Labute approximate surface area is 58.3 Å². The molecule has 10 heavy (non-hydrogen) atoms. The summed E-state index contributed by atoms with van der Waals surface area (Å²) in [4.78, 5) is 20.2. The summed E-state index contributed by atoms with van der Waals surface area (Å²) in [6.45, 7) is 1.43. The van der Waals surface area contributed by atoms with E-state index < -0.39 is 6.03 Å². The number of nitrogens with one attached hydrogen (secondary N) is 1. The number of nitrogens with two attached hydrogens (primary N) is 1. The third-order valence-electron chi connectivity index (χ3n) is 0.645. The maximum absolute atomic E-state index is 10.3. The van der Waals surface area contributed by atoms with E-state index in [9.17, 15) is 9.59 Å². The number of nitrogens with zero attached hydrogens (tertiary/aromatic N) is 1. The van der Waals surface area contributed by atoms with Gasteiger partial charge in [-0.05, 0) is 6.92 Å². The Hall–Kier alpha value is -1.39. The molecule has 0 saturated carbocycles. The molecule has 0 fully saturated rings. The quantitative estimate of drug-likeness (QED) is 0.417. The molecule has 0 aromatic carbocycles. The molecule has 0 heterocycles. The summed E-state index contributed by atoms with van der Waals surface area (Å²) in [6.07, 6.45) is 1.49. The molecule has 0 unspecified atom stereocenters. The molecule has 56 valence electrons. The fraction of sp³-hybridized carbons (Fsp3) is 0.400. The molecule has 0 bridgehead atoms. The van der Waals surface area contributed by atoms with Crippen molar-refractivity contribution in [1.29, 1.82) is 0 Å². The Kier molecular flexibility index (Phi) is 3.86. The monoisotopic (exact) mass is 143 g/mol. The van der Waals surface area contributed by atoms with Gasteiger partial charge in [-0.1, -0.05) is 0 Å². The van der Waals surface area contributed by atoms with Gasteiger partial charge in [-0.25, -0.2) is 10.2 Å². The van der Waals surface area contributed by atoms with Crippen LogP contribution in [-0.4, -0.2) is 18.0 Å². The second-order valence-electron chi connectivity index (χ2n) is 1.69. The lowest BCUT2D eigenvalue weighted by Gasteiger charge is -1.88. The summed E-state index contributed by atoms with van der Waals surface area (Å²) < 4.78 is 0. The van der Waals surface area contributed by atoms with Crippen LogP contribution < -0.4 is 11.2 Å². The van der Waals surface area contributed by atoms with Crippen LogP contribution in [0.15, 0.2) is 5.10 Å². The third kappa shape index (κ3) is 6.61. The van der Waals surface area contributed by atoms with Crippen molar-refractivity contribution in [2.24, 2.45) is 10.8 Å². The number of primary amides is 1. The molecule has 0 aliphatic carbocycles. The number of amides is 2. The van der Waals surface area contributed by atoms with Crippen LogP contribution in [0.2, 0.25) is 0 Å². The largest absolute Gasteiger partial charge is 0.350 e. The van der Waals surface area contributed by atoms with E-state index >= 15 is 0 Å². The smallest absolute Gasteiger partial charge is 0.332 e. The molecule has 0 aliphatic rings. The number of hydrazone groups is 1. The summed E-state index contributed by atoms with van der Waals surface area (Å²) in [6, 6.07) is -0.736. The lowest BCUT2D eigenvalue weighted by molar-refractivity contribution is -0.115. The van der Waals surface area contributed by atoms with Gasteiger partial charge >= 0.3 is 6.03 Å². The topological polar surface area (TPSA) is 84.6 Å². The predicted octanol–water partition coefficient (Wildman–Crippen LogP) is -0.380. The van der Waals surface area contributed by atoms with Crippen molar-refractivity contribution in [2.75, 3.05) is 0 Å². The van der Waals surface area contributed by atoms with Crippen molar-refractivity contribution < 1.29 is 9.59 Å². The van der Waals surface area contributed by atoms with Gasteiger partial charge in [-0.15, -0.1) is 0 Å². The van der Waals surface area contributed by atoms with Crippen LogP contribution in [0.5, 0.6) is 0 Å². The summed E-state index contributed by atoms with van der Waals surface area (Å²) in [5.74, 6) is -0.0185. The molecule has 2 amide bonds. The number of rotatable bonds is 3. The minimum Gasteiger partial charge on any atom is -0.350 e. The molecule has 5 heteroatoms. The van der Waals surface area contributed by atoms with Gasteiger partial charge in [0.05, 0.1) is 0 Å². The van der Waals surface area contributed by atoms with Crippen molar-refractivity contribution in [2.45, 2.75) is 13.3 Å². The highest BCUT2D eigenvalue weighted by molar-refractivity contribution is 5.89. The van der Waals surface area contributed by atoms with E-state index in [0.29, 0.717) is 0 Å². The van der Waals surface area contributed by atoms with Crippen molar-refractivity contribution >= 4 is 18.0 Å². The molecular weight excluding hydrogens is 134 g/mol. The Morgan fingerprint density at radius 3 is 2.70 bits per heavy atom. The fourth-order valence-corrected chi connectivity index (χ4v) is 0.283. The number of urea groups is 1. The molecule has 0 aliphatic heterocycles. The van der Waals surface area contributed by atoms with Crippen LogP contribution in [-0.2, 0) is 4.79 Å². The van der Waals surface area contributed by atoms with Crippen LogP contribution in [0.1, 0.15) is 13.3 Å². The molecule has 0 aromatic heterocycles. The first-order valence-corrected chi connectivity index (χ1v) is 2.69. The van der Waals surface area contributed by atoms with Gasteiger partial charge in [0.1, 0.15) is 5.78 Å². The molecule has 0 radical (unpaired) electrons. The minimum absolute atomic E-state index is 0.0185. The zero-order valence-electron chi connectivity index (χ0n) is 5.63. The zero-order chi connectivity index (χ0) is 7.98. The van der Waals surface area contributed by atoms with Gasteiger partial charge in [-0.2, -0.15) is 5.10 Å². The lowest BCUT2D eigenvalue weighted by atomic mass is 10.3. The van der Waals surface area contributed by atoms with E-state index in [2.05, 4.69) is 10.8 Å². The number of hydrogen-bond donors (Lipinski definition) is 2. The van der Waals surface area contributed by atoms with E-state index in [4.69, 9.17) is 0 Å². The van der Waals surface area contributed by atoms with Crippen molar-refractivity contribution in [3.05, 3.63) is 0 Å². The number of Topliss-reactive ketones (excluding diaryl/α,β-unsaturated/α-hetero) is 1. The SMILES string of the molecule is CC(=O)C/C=N/NC(N)=O. The number of carbonyl (C=O) groups is 2. The van der Waals surface area contributed by atoms with Crippen LogP contribution >= 0.6 is 0 Å². The van der Waals surface area contributed by atoms with Gasteiger partial charge in [0.2, 0.25) is 0 Å². The minimum atomic E-state index is -0.736. The predicted molar refractivity (Wildman–Crippen MR) is 36.5 cm³/mol. The van der Waals surface area contributed by atoms with E-state index in [1.807, 2.05) is 5.43 Å². The maximum Gasteiger partial charge on any atom is 0.332 e. The summed E-state index contributed by atoms with van der Waals surface area (Å²) in [7, 11) is 0. The maximum atomic E-state index is 10.3. The van der Waals surface area contributed by atoms with Gasteiger partial charge in [0.25, 0.3) is 0 Å². The highest BCUT2D eigenvalue weighted by Crippen LogP contribution is 1.73. The molecule has 5 nitrogen and oxygen atoms in total. The number of hydrogen-bond acceptors (Lipinski definition) is 3. The standard InChI is InChI=1S/C5H9N3O2/c1-4(9)2-3-7-8-5(6)10/h3H,2H2,1H3,(H3,6,8,10)/b7-3+. The summed E-state index contributed by atoms with van der Waals surface area (Å²) in [5.41, 5.74) is 6.62. The van der Waals surface area contributed by atoms with E-state index in [1.54, 1.807) is 0 Å². The van der Waals surface area contributed by atoms with Crippen LogP contribution in [0.4, 0.5) is 4.79 Å². The van der Waals surface area contributed by atoms with Crippen molar-refractivity contribution in [3.8, 4) is 0 Å². The number of ketones is 1. The molecule has 0 rings (SSSR count). The highest BCUT2D eigenvalue weighted by atomic mass is 16.2. The summed E-state index contributed by atoms with van der Waals surface area (Å²) in [5, 5.41) is 3.34. The molecule has 0 aromatic rings. The van der Waals surface area contributed by atoms with Crippen molar-refractivity contribution in [1.82, 2.24) is 5.43 Å². The average Bonchev–Trinajstić information content (AvgIpc) is 1.79. The van der Waals surface area contributed by atoms with E-state index in [-0.39, 0.29) is 12.2 Å². The Morgan fingerprint density at radius 2 is 2.30 bits per heavy atom. The van der Waals surface area contributed by atoms with Gasteiger partial charge in [0.15, 0.2) is 0 Å². The Morgan fingerprint density at radius 1 is 1.70 bits per heavy atom. The van der Waals surface area contributed by atoms with Crippen LogP contribution in [0.3, 0.4) is 0 Å². The molecule has 0 spiro atoms. The van der Waals surface area contributed by atoms with Gasteiger partial charge in [0, 0.05) is 12.6 Å². The van der Waals surface area contributed by atoms with E-state index in [0.717, 1.165) is 0 Å². The fourth-order valence-electron chi connectivity index (χ4n) is 0.283. The van der Waals surface area contributed by atoms with Crippen LogP contribution in [0, 0.1) is 0 Å². The van der Waals surface area contributed by atoms with Crippen molar-refractivity contribution in [3.63, 3.8) is 0 Å². The molecule has 3 N–H and O–H groups in total. The average molecular weight is 143 g/mol. The lowest BCUT2D eigenvalue weighted by Crippen LogP contribution is -2.24. The second-order valence-corrected chi connectivity index (χ2v) is 1.69. The Bertz CT molecular complexity index is 146. The third-order valence-corrected chi connectivity index (χ3v) is 0.645. The first kappa shape index (κ1) is 8.61. The van der Waals surface area contributed by atoms with Gasteiger partial charge < -0.3 is 5.73 Å². The van der Waals surface area contributed by atoms with Crippen LogP contribution in [0.25, 0.3) is 0 Å². The van der Waals surface area contributed by atoms with E-state index in [1.165, 1.54) is 13.1 Å². The first-order valence-electron chi connectivity index (χ1n) is 2.69. The second kappa shape index (κ2) is 4.49. The Balaban J connectivity index is 3.38.